The number of benzene rings is 1. The number of anilines is 2. The lowest BCUT2D eigenvalue weighted by molar-refractivity contribution is 0.0519. The van der Waals surface area contributed by atoms with Crippen LogP contribution in [0.3, 0.4) is 0 Å². The van der Waals surface area contributed by atoms with Gasteiger partial charge < -0.3 is 14.4 Å². The SMILES string of the molecule is CCOC(=O)c1nc(N2CCCc3c2nnc(/N=c2\sc4ccccc4n2COCC[Si](C)(C)C)c3C2CC2)sc1CCCCl. The first kappa shape index (κ1) is 32.3. The summed E-state index contributed by atoms with van der Waals surface area (Å²) in [6, 6.07) is 9.51. The van der Waals surface area contributed by atoms with Crippen LogP contribution in [-0.2, 0) is 29.0 Å². The van der Waals surface area contributed by atoms with Crippen LogP contribution in [0.5, 0.6) is 0 Å². The largest absolute Gasteiger partial charge is 0.461 e. The van der Waals surface area contributed by atoms with Crippen molar-refractivity contribution < 1.29 is 14.3 Å². The number of thiazole rings is 2. The third-order valence-electron chi connectivity index (χ3n) is 8.05. The van der Waals surface area contributed by atoms with Gasteiger partial charge in [-0.25, -0.2) is 9.78 Å². The molecule has 0 radical (unpaired) electrons. The number of fused-ring (bicyclic) bond motifs is 2. The number of para-hydroxylation sites is 1. The van der Waals surface area contributed by atoms with Gasteiger partial charge in [0.1, 0.15) is 6.73 Å². The number of hydrogen-bond acceptors (Lipinski definition) is 10. The molecule has 9 nitrogen and oxygen atoms in total. The zero-order chi connectivity index (χ0) is 31.6. The van der Waals surface area contributed by atoms with E-state index in [4.69, 9.17) is 41.2 Å². The van der Waals surface area contributed by atoms with Crippen molar-refractivity contribution in [1.29, 1.82) is 0 Å². The summed E-state index contributed by atoms with van der Waals surface area (Å²) in [6.07, 6.45) is 5.57. The highest BCUT2D eigenvalue weighted by Gasteiger charge is 2.35. The van der Waals surface area contributed by atoms with Crippen LogP contribution in [0, 0.1) is 0 Å². The van der Waals surface area contributed by atoms with Crippen LogP contribution in [0.25, 0.3) is 10.2 Å². The molecule has 1 aromatic carbocycles. The predicted molar refractivity (Wildman–Crippen MR) is 186 cm³/mol. The lowest BCUT2D eigenvalue weighted by Gasteiger charge is -2.29. The Morgan fingerprint density at radius 2 is 2.00 bits per heavy atom. The summed E-state index contributed by atoms with van der Waals surface area (Å²) in [5, 5.41) is 10.3. The highest BCUT2D eigenvalue weighted by molar-refractivity contribution is 7.16. The van der Waals surface area contributed by atoms with Crippen LogP contribution < -0.4 is 9.70 Å². The van der Waals surface area contributed by atoms with Gasteiger partial charge in [0, 0.05) is 43.1 Å². The zero-order valence-electron chi connectivity index (χ0n) is 26.5. The van der Waals surface area contributed by atoms with Crippen molar-refractivity contribution in [3.63, 3.8) is 0 Å². The maximum absolute atomic E-state index is 12.8. The molecule has 0 N–H and O–H groups in total. The topological polar surface area (TPSA) is 94.7 Å². The summed E-state index contributed by atoms with van der Waals surface area (Å²) in [7, 11) is -1.19. The van der Waals surface area contributed by atoms with E-state index in [2.05, 4.69) is 53.4 Å². The Bertz CT molecular complexity index is 1740. The molecular weight excluding hydrogens is 644 g/mol. The minimum Gasteiger partial charge on any atom is -0.461 e. The third kappa shape index (κ3) is 7.35. The van der Waals surface area contributed by atoms with Gasteiger partial charge in [-0.2, -0.15) is 4.99 Å². The number of aryl methyl sites for hydroxylation is 1. The summed E-state index contributed by atoms with van der Waals surface area (Å²) < 4.78 is 14.9. The van der Waals surface area contributed by atoms with Crippen LogP contribution >= 0.6 is 34.3 Å². The average molecular weight is 685 g/mol. The number of rotatable bonds is 13. The number of carbonyl (C=O) groups is 1. The second kappa shape index (κ2) is 14.0. The van der Waals surface area contributed by atoms with Gasteiger partial charge >= 0.3 is 5.97 Å². The molecule has 0 saturated heterocycles. The Hall–Kier alpha value is -2.64. The number of halogens is 1. The Morgan fingerprint density at radius 1 is 1.18 bits per heavy atom. The summed E-state index contributed by atoms with van der Waals surface area (Å²) in [5.74, 6) is 2.09. The molecule has 1 aliphatic carbocycles. The number of esters is 1. The van der Waals surface area contributed by atoms with Gasteiger partial charge in [0.15, 0.2) is 27.3 Å². The third-order valence-corrected chi connectivity index (χ3v) is 12.2. The number of nitrogens with zero attached hydrogens (tertiary/aromatic N) is 6. The Kier molecular flexibility index (Phi) is 10.1. The average Bonchev–Trinajstić information content (AvgIpc) is 3.67. The first-order valence-corrected chi connectivity index (χ1v) is 21.8. The molecule has 1 fully saturated rings. The van der Waals surface area contributed by atoms with Crippen molar-refractivity contribution in [2.45, 2.75) is 83.8 Å². The molecule has 0 amide bonds. The van der Waals surface area contributed by atoms with Crippen LogP contribution in [0.4, 0.5) is 16.8 Å². The number of ether oxygens (including phenoxy) is 2. The van der Waals surface area contributed by atoms with Crippen molar-refractivity contribution in [3.05, 3.63) is 50.8 Å². The zero-order valence-corrected chi connectivity index (χ0v) is 29.9. The van der Waals surface area contributed by atoms with E-state index in [1.165, 1.54) is 27.2 Å². The lowest BCUT2D eigenvalue weighted by atomic mass is 9.97. The summed E-state index contributed by atoms with van der Waals surface area (Å²) >= 11 is 9.18. The number of alkyl halides is 1. The predicted octanol–water partition coefficient (Wildman–Crippen LogP) is 7.80. The van der Waals surface area contributed by atoms with Crippen molar-refractivity contribution in [2.75, 3.05) is 30.5 Å². The van der Waals surface area contributed by atoms with E-state index in [0.717, 1.165) is 77.4 Å². The molecule has 2 aliphatic rings. The monoisotopic (exact) mass is 684 g/mol. The second-order valence-corrected chi connectivity index (χ2v) is 20.9. The summed E-state index contributed by atoms with van der Waals surface area (Å²) in [5.41, 5.74) is 3.91. The van der Waals surface area contributed by atoms with Gasteiger partial charge in [-0.1, -0.05) is 43.1 Å². The molecule has 240 valence electrons. The van der Waals surface area contributed by atoms with E-state index in [9.17, 15) is 4.79 Å². The summed E-state index contributed by atoms with van der Waals surface area (Å²) in [6.45, 7) is 11.2. The molecule has 0 spiro atoms. The van der Waals surface area contributed by atoms with Gasteiger partial charge in [0.25, 0.3) is 0 Å². The van der Waals surface area contributed by atoms with E-state index < -0.39 is 8.07 Å². The number of hydrogen-bond donors (Lipinski definition) is 0. The minimum absolute atomic E-state index is 0.306. The Balaban J connectivity index is 1.38. The van der Waals surface area contributed by atoms with E-state index in [1.807, 2.05) is 6.92 Å². The second-order valence-electron chi connectivity index (χ2n) is 12.8. The van der Waals surface area contributed by atoms with E-state index in [1.54, 1.807) is 11.3 Å². The Labute approximate surface area is 278 Å². The smallest absolute Gasteiger partial charge is 0.358 e. The normalized spacial score (nSPS) is 15.6. The summed E-state index contributed by atoms with van der Waals surface area (Å²) in [4.78, 5) is 26.7. The van der Waals surface area contributed by atoms with Crippen molar-refractivity contribution in [3.8, 4) is 0 Å². The maximum Gasteiger partial charge on any atom is 0.358 e. The molecule has 0 bridgehead atoms. The van der Waals surface area contributed by atoms with Crippen molar-refractivity contribution in [2.24, 2.45) is 4.99 Å². The molecule has 4 heterocycles. The van der Waals surface area contributed by atoms with Crippen LogP contribution in [0.1, 0.15) is 65.0 Å². The van der Waals surface area contributed by atoms with Gasteiger partial charge in [-0.15, -0.1) is 33.1 Å². The van der Waals surface area contributed by atoms with E-state index in [-0.39, 0.29) is 5.97 Å². The maximum atomic E-state index is 12.8. The van der Waals surface area contributed by atoms with Crippen molar-refractivity contribution >= 4 is 75.3 Å². The Morgan fingerprint density at radius 3 is 2.76 bits per heavy atom. The highest BCUT2D eigenvalue weighted by atomic mass is 35.5. The molecule has 1 saturated carbocycles. The van der Waals surface area contributed by atoms with Gasteiger partial charge in [0.2, 0.25) is 0 Å². The molecular formula is C32H41ClN6O3S2Si. The van der Waals surface area contributed by atoms with E-state index in [0.29, 0.717) is 43.1 Å². The van der Waals surface area contributed by atoms with Gasteiger partial charge in [-0.3, -0.25) is 4.57 Å². The van der Waals surface area contributed by atoms with Crippen LogP contribution in [-0.4, -0.2) is 59.4 Å². The fraction of sp³-hybridized carbons (Fsp3) is 0.531. The first-order valence-electron chi connectivity index (χ1n) is 15.9. The molecule has 4 aromatic rings. The molecule has 3 aromatic heterocycles. The quantitative estimate of drug-likeness (QED) is 0.0614. The van der Waals surface area contributed by atoms with Crippen LogP contribution in [0.15, 0.2) is 29.3 Å². The van der Waals surface area contributed by atoms with Crippen molar-refractivity contribution in [1.82, 2.24) is 19.7 Å². The molecule has 0 unspecified atom stereocenters. The van der Waals surface area contributed by atoms with Gasteiger partial charge in [0.05, 0.1) is 16.8 Å². The standard InChI is InChI=1S/C32H41ClN6O3S2Si/c1-5-42-30(40)27-25(13-8-16-33)44-31(34-27)38-17-9-10-22-26(21-14-15-21)28(36-37-29(22)38)35-32-39(20-41-18-19-45(2,3)4)23-11-6-7-12-24(23)43-32/h6-7,11-12,21H,5,8-10,13-20H2,1-4H3/b35-32-. The first-order chi connectivity index (χ1) is 21.8. The fourth-order valence-corrected chi connectivity index (χ4v) is 8.61. The molecule has 0 atom stereocenters. The molecule has 6 rings (SSSR count). The van der Waals surface area contributed by atoms with Gasteiger partial charge in [-0.05, 0) is 69.5 Å². The number of aromatic nitrogens is 4. The van der Waals surface area contributed by atoms with Crippen LogP contribution in [0.2, 0.25) is 25.7 Å². The molecule has 1 aliphatic heterocycles. The minimum atomic E-state index is -1.19. The fourth-order valence-electron chi connectivity index (χ4n) is 5.58. The number of carbonyl (C=O) groups excluding carboxylic acids is 1. The lowest BCUT2D eigenvalue weighted by Crippen LogP contribution is -2.27. The molecule has 13 heteroatoms. The highest BCUT2D eigenvalue weighted by Crippen LogP contribution is 2.49. The van der Waals surface area contributed by atoms with E-state index >= 15 is 0 Å². The molecule has 45 heavy (non-hydrogen) atoms.